The van der Waals surface area contributed by atoms with Crippen LogP contribution in [-0.2, 0) is 6.54 Å². The number of imide groups is 1. The third kappa shape index (κ3) is 2.04. The summed E-state index contributed by atoms with van der Waals surface area (Å²) in [4.78, 5) is 30.3. The lowest BCUT2D eigenvalue weighted by Gasteiger charge is -2.11. The summed E-state index contributed by atoms with van der Waals surface area (Å²) in [5, 5.41) is 0.425. The van der Waals surface area contributed by atoms with E-state index in [0.29, 0.717) is 16.3 Å². The zero-order chi connectivity index (χ0) is 13.6. The first-order valence-corrected chi connectivity index (χ1v) is 7.03. The molecule has 1 aromatic carbocycles. The van der Waals surface area contributed by atoms with Crippen molar-refractivity contribution in [1.82, 2.24) is 9.88 Å². The molecule has 2 heterocycles. The minimum absolute atomic E-state index is 0.207. The number of carbonyl (C=O) groups is 2. The summed E-state index contributed by atoms with van der Waals surface area (Å²) < 4.78 is 0.774. The van der Waals surface area contributed by atoms with Gasteiger partial charge in [0.2, 0.25) is 0 Å². The number of carbonyl (C=O) groups excluding carboxylic acids is 2. The Morgan fingerprint density at radius 1 is 1.26 bits per heavy atom. The molecule has 0 saturated heterocycles. The maximum absolute atomic E-state index is 12.2. The molecule has 2 amide bonds. The Hall–Kier alpha value is -1.73. The summed E-state index contributed by atoms with van der Waals surface area (Å²) in [5.74, 6) is -0.562. The lowest BCUT2D eigenvalue weighted by atomic mass is 10.1. The van der Waals surface area contributed by atoms with Crippen molar-refractivity contribution in [1.29, 1.82) is 0 Å². The number of halogens is 1. The molecule has 1 aromatic heterocycles. The van der Waals surface area contributed by atoms with Crippen LogP contribution in [0.3, 0.4) is 0 Å². The number of thiazole rings is 1. The molecule has 0 radical (unpaired) electrons. The van der Waals surface area contributed by atoms with E-state index in [1.54, 1.807) is 24.4 Å². The van der Waals surface area contributed by atoms with Gasteiger partial charge in [0.1, 0.15) is 0 Å². The van der Waals surface area contributed by atoms with Gasteiger partial charge < -0.3 is 5.73 Å². The van der Waals surface area contributed by atoms with Crippen molar-refractivity contribution in [2.75, 3.05) is 5.73 Å². The van der Waals surface area contributed by atoms with E-state index in [9.17, 15) is 9.59 Å². The van der Waals surface area contributed by atoms with Gasteiger partial charge >= 0.3 is 0 Å². The smallest absolute Gasteiger partial charge is 0.261 e. The second-order valence-electron chi connectivity index (χ2n) is 4.05. The number of nitrogens with zero attached hydrogens (tertiary/aromatic N) is 2. The van der Waals surface area contributed by atoms with Crippen molar-refractivity contribution in [3.63, 3.8) is 0 Å². The van der Waals surface area contributed by atoms with Crippen molar-refractivity contribution < 1.29 is 9.59 Å². The number of hydrogen-bond acceptors (Lipinski definition) is 5. The van der Waals surface area contributed by atoms with Crippen LogP contribution in [0, 0.1) is 0 Å². The lowest BCUT2D eigenvalue weighted by Crippen LogP contribution is -2.28. The minimum Gasteiger partial charge on any atom is -0.375 e. The predicted octanol–water partition coefficient (Wildman–Crippen LogP) is 2.28. The normalized spacial score (nSPS) is 14.1. The molecular weight excluding hydrogens is 330 g/mol. The Labute approximate surface area is 121 Å². The Morgan fingerprint density at radius 3 is 2.68 bits per heavy atom. The van der Waals surface area contributed by atoms with Crippen molar-refractivity contribution in [3.05, 3.63) is 44.9 Å². The van der Waals surface area contributed by atoms with Crippen LogP contribution in [0.2, 0.25) is 0 Å². The largest absolute Gasteiger partial charge is 0.375 e. The molecule has 7 heteroatoms. The summed E-state index contributed by atoms with van der Waals surface area (Å²) in [7, 11) is 0. The number of nitrogens with two attached hydrogens (primary N) is 1. The van der Waals surface area contributed by atoms with Crippen LogP contribution in [-0.4, -0.2) is 21.7 Å². The molecule has 1 aliphatic rings. The van der Waals surface area contributed by atoms with Crippen LogP contribution in [0.15, 0.2) is 28.9 Å². The molecule has 0 spiro atoms. The number of nitrogen functional groups attached to an aromatic ring is 1. The van der Waals surface area contributed by atoms with Crippen LogP contribution >= 0.6 is 27.3 Å². The molecule has 0 saturated carbocycles. The highest BCUT2D eigenvalue weighted by molar-refractivity contribution is 9.10. The van der Waals surface area contributed by atoms with Crippen molar-refractivity contribution >= 4 is 44.2 Å². The maximum Gasteiger partial charge on any atom is 0.261 e. The first-order chi connectivity index (χ1) is 9.06. The zero-order valence-corrected chi connectivity index (χ0v) is 12.0. The van der Waals surface area contributed by atoms with Gasteiger partial charge in [0.05, 0.1) is 17.7 Å². The molecule has 2 N–H and O–H groups in total. The molecule has 5 nitrogen and oxygen atoms in total. The van der Waals surface area contributed by atoms with Gasteiger partial charge in [0, 0.05) is 15.5 Å². The second kappa shape index (κ2) is 4.43. The van der Waals surface area contributed by atoms with Crippen molar-refractivity contribution in [2.45, 2.75) is 6.54 Å². The molecule has 0 bridgehead atoms. The first-order valence-electron chi connectivity index (χ1n) is 5.42. The predicted molar refractivity (Wildman–Crippen MR) is 74.9 cm³/mol. The molecule has 3 rings (SSSR count). The summed E-state index contributed by atoms with van der Waals surface area (Å²) in [6.45, 7) is 0.207. The number of rotatable bonds is 2. The van der Waals surface area contributed by atoms with Gasteiger partial charge in [-0.3, -0.25) is 14.5 Å². The van der Waals surface area contributed by atoms with E-state index in [4.69, 9.17) is 5.73 Å². The summed E-state index contributed by atoms with van der Waals surface area (Å²) in [5.41, 5.74) is 6.40. The molecule has 1 aliphatic heterocycles. The van der Waals surface area contributed by atoms with Gasteiger partial charge in [0.25, 0.3) is 11.8 Å². The number of fused-ring (bicyclic) bond motifs is 1. The lowest BCUT2D eigenvalue weighted by molar-refractivity contribution is 0.0644. The highest BCUT2D eigenvalue weighted by atomic mass is 79.9. The number of amides is 2. The molecule has 19 heavy (non-hydrogen) atoms. The standard InChI is InChI=1S/C12H8BrN3O2S/c13-6-1-2-8-9(3-6)11(18)16(10(8)17)5-7-4-15-12(14)19-7/h1-4H,5H2,(H2,14,15). The van der Waals surface area contributed by atoms with Gasteiger partial charge in [-0.05, 0) is 18.2 Å². The molecule has 2 aromatic rings. The van der Waals surface area contributed by atoms with Crippen molar-refractivity contribution in [2.24, 2.45) is 0 Å². The summed E-state index contributed by atoms with van der Waals surface area (Å²) in [6.07, 6.45) is 1.58. The van der Waals surface area contributed by atoms with Crippen LogP contribution in [0.25, 0.3) is 0 Å². The molecule has 0 atom stereocenters. The SMILES string of the molecule is Nc1ncc(CN2C(=O)c3ccc(Br)cc3C2=O)s1. The molecule has 0 unspecified atom stereocenters. The monoisotopic (exact) mass is 337 g/mol. The van der Waals surface area contributed by atoms with E-state index in [-0.39, 0.29) is 18.4 Å². The second-order valence-corrected chi connectivity index (χ2v) is 6.11. The van der Waals surface area contributed by atoms with Crippen LogP contribution in [0.4, 0.5) is 5.13 Å². The van der Waals surface area contributed by atoms with Gasteiger partial charge in [0.15, 0.2) is 5.13 Å². The summed E-state index contributed by atoms with van der Waals surface area (Å²) in [6, 6.07) is 5.06. The van der Waals surface area contributed by atoms with E-state index in [2.05, 4.69) is 20.9 Å². The molecule has 96 valence electrons. The van der Waals surface area contributed by atoms with E-state index >= 15 is 0 Å². The first kappa shape index (κ1) is 12.3. The summed E-state index contributed by atoms with van der Waals surface area (Å²) >= 11 is 4.57. The van der Waals surface area contributed by atoms with Gasteiger partial charge in [-0.2, -0.15) is 0 Å². The fourth-order valence-electron chi connectivity index (χ4n) is 1.96. The fourth-order valence-corrected chi connectivity index (χ4v) is 2.99. The van der Waals surface area contributed by atoms with Crippen molar-refractivity contribution in [3.8, 4) is 0 Å². The maximum atomic E-state index is 12.2. The number of anilines is 1. The Kier molecular flexibility index (Phi) is 2.87. The third-order valence-corrected chi connectivity index (χ3v) is 4.12. The van der Waals surface area contributed by atoms with E-state index in [0.717, 1.165) is 9.35 Å². The minimum atomic E-state index is -0.284. The Bertz CT molecular complexity index is 698. The van der Waals surface area contributed by atoms with Gasteiger partial charge in [-0.1, -0.05) is 15.9 Å². The molecule has 0 aliphatic carbocycles. The topological polar surface area (TPSA) is 76.3 Å². The number of hydrogen-bond donors (Lipinski definition) is 1. The van der Waals surface area contributed by atoms with Gasteiger partial charge in [-0.15, -0.1) is 11.3 Å². The zero-order valence-electron chi connectivity index (χ0n) is 9.59. The quantitative estimate of drug-likeness (QED) is 0.853. The van der Waals surface area contributed by atoms with Crippen LogP contribution < -0.4 is 5.73 Å². The highest BCUT2D eigenvalue weighted by Crippen LogP contribution is 2.28. The van der Waals surface area contributed by atoms with Crippen LogP contribution in [0.5, 0.6) is 0 Å². The average Bonchev–Trinajstić information content (AvgIpc) is 2.88. The fraction of sp³-hybridized carbons (Fsp3) is 0.0833. The van der Waals surface area contributed by atoms with Crippen LogP contribution in [0.1, 0.15) is 25.6 Å². The van der Waals surface area contributed by atoms with E-state index in [1.807, 2.05) is 0 Å². The van der Waals surface area contributed by atoms with Gasteiger partial charge in [-0.25, -0.2) is 4.98 Å². The molecular formula is C12H8BrN3O2S. The number of aromatic nitrogens is 1. The Balaban J connectivity index is 1.94. The highest BCUT2D eigenvalue weighted by Gasteiger charge is 2.35. The Morgan fingerprint density at radius 2 is 2.00 bits per heavy atom. The van der Waals surface area contributed by atoms with E-state index < -0.39 is 0 Å². The van der Waals surface area contributed by atoms with E-state index in [1.165, 1.54) is 16.2 Å². The molecule has 0 fully saturated rings. The number of benzene rings is 1. The third-order valence-electron chi connectivity index (χ3n) is 2.82. The average molecular weight is 338 g/mol.